The van der Waals surface area contributed by atoms with Gasteiger partial charge in [0.25, 0.3) is 5.91 Å². The summed E-state index contributed by atoms with van der Waals surface area (Å²) in [6.07, 6.45) is 4.96. The average Bonchev–Trinajstić information content (AvgIpc) is 3.44. The first-order valence-corrected chi connectivity index (χ1v) is 10.9. The van der Waals surface area contributed by atoms with E-state index < -0.39 is 0 Å². The fraction of sp³-hybridized carbons (Fsp3) is 0.318. The second-order valence-electron chi connectivity index (χ2n) is 8.05. The second kappa shape index (κ2) is 7.37. The Morgan fingerprint density at radius 3 is 2.87 bits per heavy atom. The molecular weight excluding hydrogens is 396 g/mol. The first-order chi connectivity index (χ1) is 14.5. The molecule has 0 unspecified atom stereocenters. The van der Waals surface area contributed by atoms with E-state index in [-0.39, 0.29) is 5.91 Å². The van der Waals surface area contributed by atoms with Crippen LogP contribution >= 0.6 is 11.3 Å². The van der Waals surface area contributed by atoms with E-state index in [0.717, 1.165) is 52.6 Å². The van der Waals surface area contributed by atoms with Crippen LogP contribution in [0, 0.1) is 6.92 Å². The van der Waals surface area contributed by atoms with Crippen molar-refractivity contribution in [3.05, 3.63) is 53.3 Å². The third kappa shape index (κ3) is 3.53. The van der Waals surface area contributed by atoms with Gasteiger partial charge in [-0.15, -0.1) is 11.3 Å². The Hall–Kier alpha value is -2.97. The van der Waals surface area contributed by atoms with Gasteiger partial charge in [0.05, 0.1) is 16.3 Å². The molecule has 1 fully saturated rings. The number of likely N-dealkylation sites (N-methyl/N-ethyl adjacent to an activating group) is 1. The molecule has 1 amide bonds. The normalized spacial score (nSPS) is 16.8. The number of imidazole rings is 1. The molecule has 0 aromatic carbocycles. The van der Waals surface area contributed by atoms with Crippen molar-refractivity contribution in [2.75, 3.05) is 37.4 Å². The van der Waals surface area contributed by atoms with E-state index in [1.54, 1.807) is 0 Å². The number of carbonyl (C=O) groups excluding carboxylic acids is 1. The SMILES string of the molecule is Cc1cn2cc(NC(=O)c3cc4ccc(N5CC[C@@H](N(C)C)C5)nc4s3)ccc2n1. The molecule has 1 saturated heterocycles. The summed E-state index contributed by atoms with van der Waals surface area (Å²) in [4.78, 5) is 28.2. The Morgan fingerprint density at radius 2 is 2.07 bits per heavy atom. The third-order valence-electron chi connectivity index (χ3n) is 5.64. The molecule has 1 aliphatic rings. The van der Waals surface area contributed by atoms with Gasteiger partial charge in [0.15, 0.2) is 0 Å². The first-order valence-electron chi connectivity index (χ1n) is 10.0. The molecule has 0 radical (unpaired) electrons. The van der Waals surface area contributed by atoms with Crippen LogP contribution in [0.2, 0.25) is 0 Å². The summed E-state index contributed by atoms with van der Waals surface area (Å²) in [5.74, 6) is 0.867. The zero-order chi connectivity index (χ0) is 20.8. The topological polar surface area (TPSA) is 65.8 Å². The second-order valence-corrected chi connectivity index (χ2v) is 9.08. The molecular formula is C22H24N6OS. The maximum atomic E-state index is 12.8. The number of amides is 1. The number of pyridine rings is 2. The van der Waals surface area contributed by atoms with Crippen LogP contribution in [0.5, 0.6) is 0 Å². The zero-order valence-electron chi connectivity index (χ0n) is 17.3. The minimum atomic E-state index is -0.121. The Balaban J connectivity index is 1.35. The highest BCUT2D eigenvalue weighted by atomic mass is 32.1. The van der Waals surface area contributed by atoms with Crippen molar-refractivity contribution in [1.29, 1.82) is 0 Å². The molecule has 5 heterocycles. The summed E-state index contributed by atoms with van der Waals surface area (Å²) in [6, 6.07) is 10.4. The van der Waals surface area contributed by atoms with Gasteiger partial charge in [0.1, 0.15) is 16.3 Å². The quantitative estimate of drug-likeness (QED) is 0.546. The van der Waals surface area contributed by atoms with Crippen LogP contribution in [-0.2, 0) is 0 Å². The van der Waals surface area contributed by atoms with Crippen LogP contribution in [0.25, 0.3) is 15.9 Å². The molecule has 0 saturated carbocycles. The highest BCUT2D eigenvalue weighted by molar-refractivity contribution is 7.20. The van der Waals surface area contributed by atoms with Crippen LogP contribution in [-0.4, -0.2) is 58.4 Å². The Morgan fingerprint density at radius 1 is 1.20 bits per heavy atom. The minimum Gasteiger partial charge on any atom is -0.355 e. The summed E-state index contributed by atoms with van der Waals surface area (Å²) in [6.45, 7) is 3.95. The summed E-state index contributed by atoms with van der Waals surface area (Å²) in [5, 5.41) is 3.99. The summed E-state index contributed by atoms with van der Waals surface area (Å²) >= 11 is 1.43. The van der Waals surface area contributed by atoms with Crippen LogP contribution in [0.15, 0.2) is 42.7 Å². The van der Waals surface area contributed by atoms with Crippen LogP contribution < -0.4 is 10.2 Å². The number of fused-ring (bicyclic) bond motifs is 2. The Labute approximate surface area is 179 Å². The van der Waals surface area contributed by atoms with Gasteiger partial charge in [-0.05, 0) is 57.8 Å². The molecule has 4 aromatic rings. The molecule has 0 spiro atoms. The number of hydrogen-bond donors (Lipinski definition) is 1. The van der Waals surface area contributed by atoms with E-state index in [2.05, 4.69) is 46.3 Å². The number of nitrogens with one attached hydrogen (secondary N) is 1. The van der Waals surface area contributed by atoms with Gasteiger partial charge in [-0.3, -0.25) is 4.79 Å². The highest BCUT2D eigenvalue weighted by Gasteiger charge is 2.25. The van der Waals surface area contributed by atoms with Crippen molar-refractivity contribution in [3.63, 3.8) is 0 Å². The number of aryl methyl sites for hydroxylation is 1. The number of nitrogens with zero attached hydrogens (tertiary/aromatic N) is 5. The number of thiophene rings is 1. The van der Waals surface area contributed by atoms with Crippen molar-refractivity contribution in [2.24, 2.45) is 0 Å². The monoisotopic (exact) mass is 420 g/mol. The van der Waals surface area contributed by atoms with Gasteiger partial charge in [0.2, 0.25) is 0 Å². The minimum absolute atomic E-state index is 0.121. The van der Waals surface area contributed by atoms with E-state index in [1.807, 2.05) is 41.9 Å². The molecule has 30 heavy (non-hydrogen) atoms. The zero-order valence-corrected chi connectivity index (χ0v) is 18.1. The predicted molar refractivity (Wildman–Crippen MR) is 122 cm³/mol. The molecule has 1 atom stereocenters. The van der Waals surface area contributed by atoms with Crippen molar-refractivity contribution in [3.8, 4) is 0 Å². The number of carbonyl (C=O) groups is 1. The molecule has 0 bridgehead atoms. The molecule has 1 aliphatic heterocycles. The Kier molecular flexibility index (Phi) is 4.67. The van der Waals surface area contributed by atoms with Gasteiger partial charge in [-0.2, -0.15) is 0 Å². The number of aromatic nitrogens is 3. The predicted octanol–water partition coefficient (Wildman–Crippen LogP) is 3.65. The van der Waals surface area contributed by atoms with Gasteiger partial charge < -0.3 is 19.5 Å². The van der Waals surface area contributed by atoms with Crippen LogP contribution in [0.1, 0.15) is 21.8 Å². The van der Waals surface area contributed by atoms with Crippen molar-refractivity contribution in [1.82, 2.24) is 19.3 Å². The summed E-state index contributed by atoms with van der Waals surface area (Å²) in [5.41, 5.74) is 2.55. The lowest BCUT2D eigenvalue weighted by molar-refractivity contribution is 0.103. The smallest absolute Gasteiger partial charge is 0.265 e. The fourth-order valence-corrected chi connectivity index (χ4v) is 4.87. The summed E-state index contributed by atoms with van der Waals surface area (Å²) in [7, 11) is 4.25. The molecule has 4 aromatic heterocycles. The third-order valence-corrected chi connectivity index (χ3v) is 6.68. The fourth-order valence-electron chi connectivity index (χ4n) is 3.95. The van der Waals surface area contributed by atoms with Gasteiger partial charge >= 0.3 is 0 Å². The van der Waals surface area contributed by atoms with Gasteiger partial charge in [-0.1, -0.05) is 0 Å². The first kappa shape index (κ1) is 19.0. The highest BCUT2D eigenvalue weighted by Crippen LogP contribution is 2.29. The Bertz CT molecular complexity index is 1240. The van der Waals surface area contributed by atoms with E-state index in [0.29, 0.717) is 10.9 Å². The molecule has 8 heteroatoms. The average molecular weight is 421 g/mol. The van der Waals surface area contributed by atoms with Crippen LogP contribution in [0.4, 0.5) is 11.5 Å². The summed E-state index contributed by atoms with van der Waals surface area (Å²) < 4.78 is 1.92. The van der Waals surface area contributed by atoms with E-state index in [9.17, 15) is 4.79 Å². The number of anilines is 2. The van der Waals surface area contributed by atoms with Crippen molar-refractivity contribution >= 4 is 44.6 Å². The maximum absolute atomic E-state index is 12.8. The molecule has 7 nitrogen and oxygen atoms in total. The van der Waals surface area contributed by atoms with Crippen molar-refractivity contribution < 1.29 is 4.79 Å². The standard InChI is InChI=1S/C22H24N6OS/c1-14-11-28-12-16(5-7-19(28)23-14)24-21(29)18-10-15-4-6-20(25-22(15)30-18)27-9-8-17(13-27)26(2)3/h4-7,10-12,17H,8-9,13H2,1-3H3,(H,24,29)/t17-/m1/s1. The maximum Gasteiger partial charge on any atom is 0.265 e. The van der Waals surface area contributed by atoms with E-state index in [1.165, 1.54) is 11.3 Å². The van der Waals surface area contributed by atoms with Crippen molar-refractivity contribution in [2.45, 2.75) is 19.4 Å². The molecule has 0 aliphatic carbocycles. The molecule has 5 rings (SSSR count). The van der Waals surface area contributed by atoms with Gasteiger partial charge in [0, 0.05) is 36.9 Å². The van der Waals surface area contributed by atoms with Crippen LogP contribution in [0.3, 0.4) is 0 Å². The van der Waals surface area contributed by atoms with E-state index in [4.69, 9.17) is 4.98 Å². The number of rotatable bonds is 4. The molecule has 1 N–H and O–H groups in total. The lowest BCUT2D eigenvalue weighted by Crippen LogP contribution is -2.31. The lowest BCUT2D eigenvalue weighted by Gasteiger charge is -2.21. The largest absolute Gasteiger partial charge is 0.355 e. The van der Waals surface area contributed by atoms with E-state index >= 15 is 0 Å². The lowest BCUT2D eigenvalue weighted by atomic mass is 10.2. The van der Waals surface area contributed by atoms with Gasteiger partial charge in [-0.25, -0.2) is 9.97 Å². The number of hydrogen-bond acceptors (Lipinski definition) is 6. The molecule has 154 valence electrons.